The van der Waals surface area contributed by atoms with Crippen LogP contribution in [0.25, 0.3) is 23.2 Å². The molecule has 0 saturated carbocycles. The summed E-state index contributed by atoms with van der Waals surface area (Å²) in [5, 5.41) is 13.1. The molecule has 0 radical (unpaired) electrons. The maximum Gasteiger partial charge on any atom is 0.273 e. The second-order valence-electron chi connectivity index (χ2n) is 10.1. The van der Waals surface area contributed by atoms with Gasteiger partial charge in [0.2, 0.25) is 0 Å². The fourth-order valence-corrected chi connectivity index (χ4v) is 6.79. The molecular formula is C32H30ClN7OS2. The highest BCUT2D eigenvalue weighted by atomic mass is 35.5. The lowest BCUT2D eigenvalue weighted by Crippen LogP contribution is -2.48. The van der Waals surface area contributed by atoms with Crippen molar-refractivity contribution in [2.75, 3.05) is 32.7 Å². The van der Waals surface area contributed by atoms with Crippen molar-refractivity contribution in [1.29, 1.82) is 0 Å². The van der Waals surface area contributed by atoms with E-state index < -0.39 is 0 Å². The molecule has 2 aromatic carbocycles. The minimum Gasteiger partial charge on any atom is -0.335 e. The largest absolute Gasteiger partial charge is 0.335 e. The smallest absolute Gasteiger partial charge is 0.273 e. The quantitative estimate of drug-likeness (QED) is 0.172. The molecule has 5 aromatic rings. The minimum absolute atomic E-state index is 0.00956. The SMILES string of the molecule is Cc1ccc(Cl)cc1-n1c(SCc2nc(C(=O)N3CCN(CC=Cc4ccccc4)CC3)cs2)nnc1-c1ccncc1. The highest BCUT2D eigenvalue weighted by molar-refractivity contribution is 7.98. The first-order valence-corrected chi connectivity index (χ1v) is 16.2. The Kier molecular flexibility index (Phi) is 9.28. The lowest BCUT2D eigenvalue weighted by Gasteiger charge is -2.33. The average molecular weight is 628 g/mol. The predicted molar refractivity (Wildman–Crippen MR) is 174 cm³/mol. The number of benzene rings is 2. The number of aryl methyl sites for hydroxylation is 1. The zero-order chi connectivity index (χ0) is 29.6. The van der Waals surface area contributed by atoms with Crippen molar-refractivity contribution in [3.8, 4) is 17.1 Å². The third-order valence-electron chi connectivity index (χ3n) is 7.21. The third-order valence-corrected chi connectivity index (χ3v) is 9.42. The fourth-order valence-electron chi connectivity index (χ4n) is 4.89. The molecule has 1 amide bonds. The van der Waals surface area contributed by atoms with Crippen LogP contribution in [-0.2, 0) is 5.75 Å². The lowest BCUT2D eigenvalue weighted by molar-refractivity contribution is 0.0645. The molecule has 0 unspecified atom stereocenters. The molecule has 218 valence electrons. The summed E-state index contributed by atoms with van der Waals surface area (Å²) in [5.41, 5.74) is 4.57. The van der Waals surface area contributed by atoms with Crippen LogP contribution in [0.5, 0.6) is 0 Å². The van der Waals surface area contributed by atoms with Crippen molar-refractivity contribution in [1.82, 2.24) is 34.5 Å². The Hall–Kier alpha value is -3.83. The molecule has 1 aliphatic heterocycles. The van der Waals surface area contributed by atoms with E-state index in [0.29, 0.717) is 35.4 Å². The highest BCUT2D eigenvalue weighted by Crippen LogP contribution is 2.32. The summed E-state index contributed by atoms with van der Waals surface area (Å²) in [4.78, 5) is 26.4. The van der Waals surface area contributed by atoms with Crippen molar-refractivity contribution in [3.05, 3.63) is 111 Å². The van der Waals surface area contributed by atoms with Crippen LogP contribution in [0.4, 0.5) is 0 Å². The molecule has 0 aliphatic carbocycles. The van der Waals surface area contributed by atoms with Gasteiger partial charge in [0, 0.05) is 61.1 Å². The van der Waals surface area contributed by atoms with E-state index in [1.54, 1.807) is 12.4 Å². The zero-order valence-electron chi connectivity index (χ0n) is 23.6. The van der Waals surface area contributed by atoms with Gasteiger partial charge >= 0.3 is 0 Å². The van der Waals surface area contributed by atoms with Crippen molar-refractivity contribution < 1.29 is 4.79 Å². The number of rotatable bonds is 9. The Bertz CT molecular complexity index is 1710. The first-order chi connectivity index (χ1) is 21.0. The molecule has 4 heterocycles. The van der Waals surface area contributed by atoms with Crippen LogP contribution in [0.1, 0.15) is 26.6 Å². The number of pyridine rings is 1. The number of nitrogens with zero attached hydrogens (tertiary/aromatic N) is 7. The number of amides is 1. The second-order valence-corrected chi connectivity index (χ2v) is 12.5. The summed E-state index contributed by atoms with van der Waals surface area (Å²) >= 11 is 9.41. The monoisotopic (exact) mass is 627 g/mol. The van der Waals surface area contributed by atoms with E-state index in [4.69, 9.17) is 16.6 Å². The fraction of sp³-hybridized carbons (Fsp3) is 0.219. The number of hydrogen-bond acceptors (Lipinski definition) is 8. The summed E-state index contributed by atoms with van der Waals surface area (Å²) in [6.45, 7) is 5.98. The molecule has 1 aliphatic rings. The van der Waals surface area contributed by atoms with Gasteiger partial charge in [-0.05, 0) is 42.3 Å². The van der Waals surface area contributed by atoms with Crippen molar-refractivity contribution in [2.24, 2.45) is 0 Å². The van der Waals surface area contributed by atoms with Gasteiger partial charge in [0.15, 0.2) is 11.0 Å². The molecule has 11 heteroatoms. The maximum atomic E-state index is 13.2. The van der Waals surface area contributed by atoms with E-state index in [1.807, 2.05) is 70.3 Å². The van der Waals surface area contributed by atoms with Crippen LogP contribution in [-0.4, -0.2) is 73.2 Å². The molecule has 0 bridgehead atoms. The summed E-state index contributed by atoms with van der Waals surface area (Å²) < 4.78 is 2.02. The zero-order valence-corrected chi connectivity index (χ0v) is 26.0. The summed E-state index contributed by atoms with van der Waals surface area (Å²) in [5.74, 6) is 1.26. The van der Waals surface area contributed by atoms with Crippen LogP contribution in [0, 0.1) is 6.92 Å². The van der Waals surface area contributed by atoms with Crippen molar-refractivity contribution >= 4 is 46.7 Å². The Morgan fingerprint density at radius 2 is 1.81 bits per heavy atom. The molecule has 0 spiro atoms. The van der Waals surface area contributed by atoms with E-state index in [0.717, 1.165) is 46.6 Å². The van der Waals surface area contributed by atoms with Gasteiger partial charge in [-0.25, -0.2) is 4.98 Å². The number of carbonyl (C=O) groups excluding carboxylic acids is 1. The summed E-state index contributed by atoms with van der Waals surface area (Å²) in [6.07, 6.45) is 7.81. The Balaban J connectivity index is 1.10. The normalized spacial score (nSPS) is 14.0. The first kappa shape index (κ1) is 29.3. The Labute approximate surface area is 264 Å². The third kappa shape index (κ3) is 7.05. The highest BCUT2D eigenvalue weighted by Gasteiger charge is 2.24. The second kappa shape index (κ2) is 13.6. The van der Waals surface area contributed by atoms with Gasteiger partial charge in [-0.15, -0.1) is 21.5 Å². The molecular weight excluding hydrogens is 598 g/mol. The van der Waals surface area contributed by atoms with Crippen molar-refractivity contribution in [3.63, 3.8) is 0 Å². The van der Waals surface area contributed by atoms with Gasteiger partial charge in [-0.3, -0.25) is 19.2 Å². The summed E-state index contributed by atoms with van der Waals surface area (Å²) in [6, 6.07) is 19.9. The number of aromatic nitrogens is 5. The van der Waals surface area contributed by atoms with Gasteiger partial charge in [-0.2, -0.15) is 0 Å². The van der Waals surface area contributed by atoms with Gasteiger partial charge in [-0.1, -0.05) is 71.9 Å². The molecule has 0 N–H and O–H groups in total. The van der Waals surface area contributed by atoms with Crippen LogP contribution in [0.3, 0.4) is 0 Å². The molecule has 0 atom stereocenters. The van der Waals surface area contributed by atoms with Gasteiger partial charge < -0.3 is 4.90 Å². The van der Waals surface area contributed by atoms with Crippen LogP contribution in [0.2, 0.25) is 5.02 Å². The van der Waals surface area contributed by atoms with E-state index in [9.17, 15) is 4.79 Å². The number of carbonyl (C=O) groups is 1. The number of thioether (sulfide) groups is 1. The van der Waals surface area contributed by atoms with E-state index in [-0.39, 0.29) is 5.91 Å². The van der Waals surface area contributed by atoms with Gasteiger partial charge in [0.25, 0.3) is 5.91 Å². The van der Waals surface area contributed by atoms with Crippen molar-refractivity contribution in [2.45, 2.75) is 17.8 Å². The van der Waals surface area contributed by atoms with Gasteiger partial charge in [0.05, 0.1) is 11.4 Å². The molecule has 6 rings (SSSR count). The number of halogens is 1. The number of hydrogen-bond donors (Lipinski definition) is 0. The van der Waals surface area contributed by atoms with Crippen LogP contribution in [0.15, 0.2) is 89.7 Å². The van der Waals surface area contributed by atoms with E-state index in [2.05, 4.69) is 44.4 Å². The molecule has 1 fully saturated rings. The number of thiazole rings is 1. The Morgan fingerprint density at radius 1 is 1.02 bits per heavy atom. The van der Waals surface area contributed by atoms with Crippen LogP contribution >= 0.6 is 34.7 Å². The maximum absolute atomic E-state index is 13.2. The number of piperazine rings is 1. The first-order valence-electron chi connectivity index (χ1n) is 14.0. The average Bonchev–Trinajstić information content (AvgIpc) is 3.70. The van der Waals surface area contributed by atoms with Gasteiger partial charge in [0.1, 0.15) is 10.7 Å². The molecule has 3 aromatic heterocycles. The molecule has 8 nitrogen and oxygen atoms in total. The topological polar surface area (TPSA) is 80.0 Å². The molecule has 1 saturated heterocycles. The summed E-state index contributed by atoms with van der Waals surface area (Å²) in [7, 11) is 0. The predicted octanol–water partition coefficient (Wildman–Crippen LogP) is 6.51. The Morgan fingerprint density at radius 3 is 2.60 bits per heavy atom. The van der Waals surface area contributed by atoms with E-state index in [1.165, 1.54) is 28.7 Å². The standard InChI is InChI=1S/C32H30ClN7OS2/c1-23-9-10-26(33)20-28(23)40-30(25-11-13-34-14-12-25)36-37-32(40)43-22-29-35-27(21-42-29)31(41)39-18-16-38(17-19-39)15-5-8-24-6-3-2-4-7-24/h2-14,20-21H,15-19,22H2,1H3. The minimum atomic E-state index is -0.00956. The van der Waals surface area contributed by atoms with E-state index >= 15 is 0 Å². The lowest BCUT2D eigenvalue weighted by atomic mass is 10.2. The van der Waals surface area contributed by atoms with Crippen LogP contribution < -0.4 is 0 Å². The molecule has 43 heavy (non-hydrogen) atoms.